The number of carboxylic acids is 1. The Morgan fingerprint density at radius 2 is 1.78 bits per heavy atom. The number of amides is 1. The van der Waals surface area contributed by atoms with Crippen LogP contribution in [0.3, 0.4) is 0 Å². The predicted octanol–water partition coefficient (Wildman–Crippen LogP) is 4.36. The fourth-order valence-electron chi connectivity index (χ4n) is 2.80. The molecule has 5 nitrogen and oxygen atoms in total. The molecule has 0 saturated carbocycles. The summed E-state index contributed by atoms with van der Waals surface area (Å²) in [5.74, 6) is -1.74. The Kier molecular flexibility index (Phi) is 5.98. The first-order chi connectivity index (χ1) is 12.5. The van der Waals surface area contributed by atoms with Gasteiger partial charge in [-0.1, -0.05) is 26.0 Å². The number of benzene rings is 1. The monoisotopic (exact) mass is 383 g/mol. The number of hydrogen-bond donors (Lipinski definition) is 2. The summed E-state index contributed by atoms with van der Waals surface area (Å²) >= 11 is 0. The van der Waals surface area contributed by atoms with Crippen LogP contribution in [-0.4, -0.2) is 17.0 Å². The highest BCUT2D eigenvalue weighted by Crippen LogP contribution is 2.31. The molecule has 2 rings (SSSR count). The number of halogens is 3. The number of aryl methyl sites for hydroxylation is 1. The van der Waals surface area contributed by atoms with Crippen LogP contribution in [0.5, 0.6) is 0 Å². The third kappa shape index (κ3) is 4.90. The third-order valence-electron chi connectivity index (χ3n) is 4.14. The predicted molar refractivity (Wildman–Crippen MR) is 91.3 cm³/mol. The van der Waals surface area contributed by atoms with E-state index in [1.165, 1.54) is 18.4 Å². The van der Waals surface area contributed by atoms with Gasteiger partial charge in [0.1, 0.15) is 12.2 Å². The van der Waals surface area contributed by atoms with E-state index in [-0.39, 0.29) is 17.2 Å². The first-order valence-electron chi connectivity index (χ1n) is 8.27. The molecule has 0 aliphatic heterocycles. The van der Waals surface area contributed by atoms with Gasteiger partial charge in [0.2, 0.25) is 0 Å². The van der Waals surface area contributed by atoms with E-state index in [2.05, 4.69) is 5.32 Å². The lowest BCUT2D eigenvalue weighted by atomic mass is 9.94. The minimum atomic E-state index is -4.44. The van der Waals surface area contributed by atoms with Crippen molar-refractivity contribution in [3.63, 3.8) is 0 Å². The van der Waals surface area contributed by atoms with Crippen LogP contribution in [0.15, 0.2) is 34.9 Å². The normalized spacial score (nSPS) is 12.9. The minimum absolute atomic E-state index is 0.0347. The molecule has 2 N–H and O–H groups in total. The van der Waals surface area contributed by atoms with Gasteiger partial charge in [-0.05, 0) is 30.5 Å². The van der Waals surface area contributed by atoms with E-state index >= 15 is 0 Å². The summed E-state index contributed by atoms with van der Waals surface area (Å²) in [5.41, 5.74) is 0.371. The molecule has 1 amide bonds. The van der Waals surface area contributed by atoms with Gasteiger partial charge < -0.3 is 14.8 Å². The van der Waals surface area contributed by atoms with Crippen LogP contribution in [0.4, 0.5) is 13.2 Å². The standard InChI is InChI=1S/C19H20F3NO4/c1-10(2)17(12-4-6-13(7-5-12)19(20,21)22)23-18(26)16-11(3)9-27-14(16)8-15(24)25/h4-7,9-10,17H,8H2,1-3H3,(H,23,26)(H,24,25). The van der Waals surface area contributed by atoms with Gasteiger partial charge in [-0.25, -0.2) is 0 Å². The van der Waals surface area contributed by atoms with Crippen molar-refractivity contribution < 1.29 is 32.3 Å². The number of furan rings is 1. The highest BCUT2D eigenvalue weighted by Gasteiger charge is 2.31. The van der Waals surface area contributed by atoms with E-state index in [1.54, 1.807) is 6.92 Å². The zero-order valence-electron chi connectivity index (χ0n) is 15.1. The molecule has 0 radical (unpaired) electrons. The van der Waals surface area contributed by atoms with Crippen LogP contribution in [0.25, 0.3) is 0 Å². The molecule has 0 fully saturated rings. The highest BCUT2D eigenvalue weighted by atomic mass is 19.4. The van der Waals surface area contributed by atoms with Crippen molar-refractivity contribution in [3.05, 3.63) is 58.5 Å². The second-order valence-corrected chi connectivity index (χ2v) is 6.60. The van der Waals surface area contributed by atoms with Crippen molar-refractivity contribution in [2.24, 2.45) is 5.92 Å². The van der Waals surface area contributed by atoms with Crippen molar-refractivity contribution in [1.82, 2.24) is 5.32 Å². The second kappa shape index (κ2) is 7.85. The van der Waals surface area contributed by atoms with Gasteiger partial charge in [0.25, 0.3) is 5.91 Å². The van der Waals surface area contributed by atoms with E-state index < -0.39 is 36.1 Å². The molecule has 1 aromatic heterocycles. The zero-order chi connectivity index (χ0) is 20.4. The van der Waals surface area contributed by atoms with Crippen molar-refractivity contribution in [3.8, 4) is 0 Å². The summed E-state index contributed by atoms with van der Waals surface area (Å²) in [4.78, 5) is 23.6. The molecule has 0 spiro atoms. The molecule has 0 aliphatic carbocycles. The van der Waals surface area contributed by atoms with Gasteiger partial charge in [0.15, 0.2) is 0 Å². The largest absolute Gasteiger partial charge is 0.481 e. The molecule has 1 aromatic carbocycles. The molecule has 0 saturated heterocycles. The molecule has 1 unspecified atom stereocenters. The van der Waals surface area contributed by atoms with Gasteiger partial charge >= 0.3 is 12.1 Å². The molecule has 8 heteroatoms. The van der Waals surface area contributed by atoms with E-state index in [1.807, 2.05) is 13.8 Å². The SMILES string of the molecule is Cc1coc(CC(=O)O)c1C(=O)NC(c1ccc(C(F)(F)F)cc1)C(C)C. The number of aliphatic carboxylic acids is 1. The van der Waals surface area contributed by atoms with Gasteiger partial charge in [0, 0.05) is 5.56 Å². The van der Waals surface area contributed by atoms with Crippen LogP contribution in [0, 0.1) is 12.8 Å². The maximum absolute atomic E-state index is 12.7. The lowest BCUT2D eigenvalue weighted by Gasteiger charge is -2.23. The van der Waals surface area contributed by atoms with E-state index in [0.717, 1.165) is 12.1 Å². The number of carboxylic acid groups (broad SMARTS) is 1. The summed E-state index contributed by atoms with van der Waals surface area (Å²) in [6.45, 7) is 5.26. The summed E-state index contributed by atoms with van der Waals surface area (Å²) in [6, 6.07) is 4.04. The fourth-order valence-corrected chi connectivity index (χ4v) is 2.80. The first-order valence-corrected chi connectivity index (χ1v) is 8.27. The topological polar surface area (TPSA) is 79.5 Å². The number of nitrogens with one attached hydrogen (secondary N) is 1. The molecule has 0 aliphatic rings. The van der Waals surface area contributed by atoms with Crippen molar-refractivity contribution in [1.29, 1.82) is 0 Å². The average Bonchev–Trinajstić information content (AvgIpc) is 2.91. The third-order valence-corrected chi connectivity index (χ3v) is 4.14. The Labute approximate surface area is 154 Å². The van der Waals surface area contributed by atoms with Crippen LogP contribution in [0.1, 0.15) is 52.7 Å². The lowest BCUT2D eigenvalue weighted by Crippen LogP contribution is -2.32. The average molecular weight is 383 g/mol. The first kappa shape index (κ1) is 20.5. The van der Waals surface area contributed by atoms with Crippen LogP contribution >= 0.6 is 0 Å². The van der Waals surface area contributed by atoms with Gasteiger partial charge in [-0.2, -0.15) is 13.2 Å². The van der Waals surface area contributed by atoms with Crippen molar-refractivity contribution >= 4 is 11.9 Å². The molecule has 0 bridgehead atoms. The summed E-state index contributed by atoms with van der Waals surface area (Å²) < 4.78 is 43.4. The molecule has 27 heavy (non-hydrogen) atoms. The van der Waals surface area contributed by atoms with Crippen molar-refractivity contribution in [2.75, 3.05) is 0 Å². The van der Waals surface area contributed by atoms with Gasteiger partial charge in [0.05, 0.1) is 23.4 Å². The number of carbonyl (C=O) groups excluding carboxylic acids is 1. The molecule has 2 aromatic rings. The quantitative estimate of drug-likeness (QED) is 0.777. The Bertz CT molecular complexity index is 822. The number of rotatable bonds is 6. The molecular weight excluding hydrogens is 363 g/mol. The van der Waals surface area contributed by atoms with Crippen molar-refractivity contribution in [2.45, 2.75) is 39.4 Å². The minimum Gasteiger partial charge on any atom is -0.481 e. The molecule has 1 atom stereocenters. The Morgan fingerprint density at radius 1 is 1.19 bits per heavy atom. The maximum Gasteiger partial charge on any atom is 0.416 e. The number of carbonyl (C=O) groups is 2. The summed E-state index contributed by atoms with van der Waals surface area (Å²) in [7, 11) is 0. The van der Waals surface area contributed by atoms with Gasteiger partial charge in [-0.15, -0.1) is 0 Å². The number of hydrogen-bond acceptors (Lipinski definition) is 3. The highest BCUT2D eigenvalue weighted by molar-refractivity contribution is 5.97. The van der Waals surface area contributed by atoms with E-state index in [0.29, 0.717) is 11.1 Å². The lowest BCUT2D eigenvalue weighted by molar-refractivity contribution is -0.138. The van der Waals surface area contributed by atoms with Crippen LogP contribution < -0.4 is 5.32 Å². The zero-order valence-corrected chi connectivity index (χ0v) is 15.1. The number of alkyl halides is 3. The molecular formula is C19H20F3NO4. The fraction of sp³-hybridized carbons (Fsp3) is 0.368. The summed E-state index contributed by atoms with van der Waals surface area (Å²) in [6.07, 6.45) is -3.58. The van der Waals surface area contributed by atoms with Crippen LogP contribution in [-0.2, 0) is 17.4 Å². The van der Waals surface area contributed by atoms with E-state index in [9.17, 15) is 22.8 Å². The van der Waals surface area contributed by atoms with Gasteiger partial charge in [-0.3, -0.25) is 9.59 Å². The Morgan fingerprint density at radius 3 is 2.26 bits per heavy atom. The molecule has 146 valence electrons. The molecule has 1 heterocycles. The summed E-state index contributed by atoms with van der Waals surface area (Å²) in [5, 5.41) is 11.7. The maximum atomic E-state index is 12.7. The Balaban J connectivity index is 2.28. The second-order valence-electron chi connectivity index (χ2n) is 6.60. The Hall–Kier alpha value is -2.77. The van der Waals surface area contributed by atoms with Crippen LogP contribution in [0.2, 0.25) is 0 Å². The smallest absolute Gasteiger partial charge is 0.416 e. The van der Waals surface area contributed by atoms with E-state index in [4.69, 9.17) is 9.52 Å².